The van der Waals surface area contributed by atoms with Gasteiger partial charge in [-0.2, -0.15) is 11.8 Å². The molecule has 3 heterocycles. The van der Waals surface area contributed by atoms with Gasteiger partial charge < -0.3 is 15.4 Å². The van der Waals surface area contributed by atoms with E-state index in [2.05, 4.69) is 25.3 Å². The van der Waals surface area contributed by atoms with E-state index in [-0.39, 0.29) is 0 Å². The molecule has 0 amide bonds. The number of nitrogens with one attached hydrogen (secondary N) is 2. The number of anilines is 1. The van der Waals surface area contributed by atoms with Gasteiger partial charge in [-0.25, -0.2) is 15.0 Å². The number of thioether (sulfide) groups is 1. The van der Waals surface area contributed by atoms with Crippen LogP contribution in [0.4, 0.5) is 5.82 Å². The van der Waals surface area contributed by atoms with E-state index in [1.165, 1.54) is 6.33 Å². The van der Waals surface area contributed by atoms with Gasteiger partial charge in [0.15, 0.2) is 11.5 Å². The summed E-state index contributed by atoms with van der Waals surface area (Å²) in [6.07, 6.45) is 3.88. The molecule has 2 aromatic heterocycles. The smallest absolute Gasteiger partial charge is 0.182 e. The Bertz CT molecular complexity index is 522. The van der Waals surface area contributed by atoms with E-state index >= 15 is 0 Å². The lowest BCUT2D eigenvalue weighted by molar-refractivity contribution is 0.0819. The predicted molar refractivity (Wildman–Crippen MR) is 67.1 cm³/mol. The number of aromatic nitrogens is 4. The molecule has 1 unspecified atom stereocenters. The van der Waals surface area contributed by atoms with Crippen molar-refractivity contribution in [3.63, 3.8) is 0 Å². The molecule has 1 aliphatic rings. The van der Waals surface area contributed by atoms with Crippen molar-refractivity contribution >= 4 is 28.7 Å². The Labute approximate surface area is 102 Å². The summed E-state index contributed by atoms with van der Waals surface area (Å²) in [6.45, 7) is 0.505. The number of nitrogens with zero attached hydrogens (tertiary/aromatic N) is 3. The standard InChI is InChI=1S/C10H13N5OS/c16-10(1-2-17-4-10)3-11-8-7-9(13-5-12-7)15-6-14-8/h5-6,16H,1-4H2,(H2,11,12,13,14,15). The highest BCUT2D eigenvalue weighted by Crippen LogP contribution is 2.28. The van der Waals surface area contributed by atoms with Crippen molar-refractivity contribution in [3.05, 3.63) is 12.7 Å². The molecule has 6 nitrogen and oxygen atoms in total. The summed E-state index contributed by atoms with van der Waals surface area (Å²) in [5.74, 6) is 2.48. The maximum absolute atomic E-state index is 10.2. The summed E-state index contributed by atoms with van der Waals surface area (Å²) in [7, 11) is 0. The maximum Gasteiger partial charge on any atom is 0.182 e. The van der Waals surface area contributed by atoms with E-state index < -0.39 is 5.60 Å². The van der Waals surface area contributed by atoms with Crippen LogP contribution in [0, 0.1) is 0 Å². The molecule has 3 N–H and O–H groups in total. The minimum Gasteiger partial charge on any atom is -0.387 e. The Morgan fingerprint density at radius 1 is 1.47 bits per heavy atom. The predicted octanol–water partition coefficient (Wildman–Crippen LogP) is 0.633. The van der Waals surface area contributed by atoms with Crippen LogP contribution in [0.3, 0.4) is 0 Å². The van der Waals surface area contributed by atoms with Crippen LogP contribution in [-0.2, 0) is 0 Å². The Balaban J connectivity index is 1.78. The molecule has 0 saturated carbocycles. The third-order valence-corrected chi connectivity index (χ3v) is 4.12. The lowest BCUT2D eigenvalue weighted by atomic mass is 10.0. The van der Waals surface area contributed by atoms with Crippen LogP contribution < -0.4 is 5.32 Å². The molecule has 0 spiro atoms. The molecule has 1 atom stereocenters. The highest BCUT2D eigenvalue weighted by molar-refractivity contribution is 7.99. The van der Waals surface area contributed by atoms with Gasteiger partial charge in [-0.15, -0.1) is 0 Å². The monoisotopic (exact) mass is 251 g/mol. The first-order valence-electron chi connectivity index (χ1n) is 5.45. The fourth-order valence-electron chi connectivity index (χ4n) is 1.88. The average Bonchev–Trinajstić information content (AvgIpc) is 2.95. The zero-order chi connectivity index (χ0) is 11.7. The van der Waals surface area contributed by atoms with Crippen LogP contribution >= 0.6 is 11.8 Å². The van der Waals surface area contributed by atoms with Gasteiger partial charge in [0.1, 0.15) is 11.8 Å². The molecule has 2 aromatic rings. The fourth-order valence-corrected chi connectivity index (χ4v) is 3.18. The SMILES string of the molecule is OC1(CNc2ncnc3nc[nH]c23)CCSC1. The van der Waals surface area contributed by atoms with Crippen molar-refractivity contribution in [2.75, 3.05) is 23.4 Å². The Kier molecular flexibility index (Phi) is 2.64. The van der Waals surface area contributed by atoms with Crippen LogP contribution in [0.5, 0.6) is 0 Å². The molecule has 7 heteroatoms. The van der Waals surface area contributed by atoms with Gasteiger partial charge in [-0.05, 0) is 12.2 Å². The van der Waals surface area contributed by atoms with E-state index in [0.29, 0.717) is 18.0 Å². The van der Waals surface area contributed by atoms with Gasteiger partial charge in [-0.1, -0.05) is 0 Å². The molecule has 90 valence electrons. The average molecular weight is 251 g/mol. The molecule has 0 radical (unpaired) electrons. The van der Waals surface area contributed by atoms with E-state index in [1.807, 2.05) is 0 Å². The second-order valence-electron chi connectivity index (χ2n) is 4.20. The summed E-state index contributed by atoms with van der Waals surface area (Å²) >= 11 is 1.78. The zero-order valence-electron chi connectivity index (χ0n) is 9.18. The maximum atomic E-state index is 10.2. The summed E-state index contributed by atoms with van der Waals surface area (Å²) < 4.78 is 0. The van der Waals surface area contributed by atoms with Gasteiger partial charge >= 0.3 is 0 Å². The molecule has 3 rings (SSSR count). The van der Waals surface area contributed by atoms with Gasteiger partial charge in [-0.3, -0.25) is 0 Å². The second kappa shape index (κ2) is 4.15. The lowest BCUT2D eigenvalue weighted by Crippen LogP contribution is -2.36. The van der Waals surface area contributed by atoms with Crippen molar-refractivity contribution < 1.29 is 5.11 Å². The Hall–Kier alpha value is -1.34. The third kappa shape index (κ3) is 2.07. The minimum absolute atomic E-state index is 0.505. The van der Waals surface area contributed by atoms with Crippen molar-refractivity contribution in [2.24, 2.45) is 0 Å². The normalized spacial score (nSPS) is 24.3. The summed E-state index contributed by atoms with van der Waals surface area (Å²) in [5, 5.41) is 13.4. The van der Waals surface area contributed by atoms with Gasteiger partial charge in [0, 0.05) is 12.3 Å². The number of fused-ring (bicyclic) bond motifs is 1. The molecule has 1 aliphatic heterocycles. The first-order valence-corrected chi connectivity index (χ1v) is 6.60. The Morgan fingerprint density at radius 3 is 3.24 bits per heavy atom. The van der Waals surface area contributed by atoms with Crippen molar-refractivity contribution in [3.8, 4) is 0 Å². The molecule has 1 fully saturated rings. The third-order valence-electron chi connectivity index (χ3n) is 2.89. The first kappa shape index (κ1) is 10.8. The van der Waals surface area contributed by atoms with E-state index in [4.69, 9.17) is 0 Å². The van der Waals surface area contributed by atoms with Crippen LogP contribution in [0.2, 0.25) is 0 Å². The molecule has 0 aromatic carbocycles. The lowest BCUT2D eigenvalue weighted by Gasteiger charge is -2.21. The zero-order valence-corrected chi connectivity index (χ0v) is 10.00. The van der Waals surface area contributed by atoms with Gasteiger partial charge in [0.25, 0.3) is 0 Å². The molecular weight excluding hydrogens is 238 g/mol. The summed E-state index contributed by atoms with van der Waals surface area (Å²) in [4.78, 5) is 15.3. The highest BCUT2D eigenvalue weighted by atomic mass is 32.2. The number of aliphatic hydroxyl groups is 1. The number of hydrogen-bond donors (Lipinski definition) is 3. The number of aromatic amines is 1. The summed E-state index contributed by atoms with van der Waals surface area (Å²) in [6, 6.07) is 0. The first-order chi connectivity index (χ1) is 8.27. The molecule has 0 aliphatic carbocycles. The largest absolute Gasteiger partial charge is 0.387 e. The topological polar surface area (TPSA) is 86.7 Å². The van der Waals surface area contributed by atoms with Crippen molar-refractivity contribution in [2.45, 2.75) is 12.0 Å². The van der Waals surface area contributed by atoms with Crippen LogP contribution in [0.15, 0.2) is 12.7 Å². The van der Waals surface area contributed by atoms with Crippen LogP contribution in [0.1, 0.15) is 6.42 Å². The number of H-pyrrole nitrogens is 1. The molecule has 0 bridgehead atoms. The second-order valence-corrected chi connectivity index (χ2v) is 5.31. The molecular formula is C10H13N5OS. The van der Waals surface area contributed by atoms with Crippen molar-refractivity contribution in [1.29, 1.82) is 0 Å². The number of hydrogen-bond acceptors (Lipinski definition) is 6. The minimum atomic E-state index is -0.623. The molecule has 1 saturated heterocycles. The van der Waals surface area contributed by atoms with Gasteiger partial charge in [0.05, 0.1) is 11.9 Å². The number of imidazole rings is 1. The van der Waals surface area contributed by atoms with E-state index in [0.717, 1.165) is 23.4 Å². The summed E-state index contributed by atoms with van der Waals surface area (Å²) in [5.41, 5.74) is 0.791. The Morgan fingerprint density at radius 2 is 2.41 bits per heavy atom. The fraction of sp³-hybridized carbons (Fsp3) is 0.500. The highest BCUT2D eigenvalue weighted by Gasteiger charge is 2.31. The van der Waals surface area contributed by atoms with Gasteiger partial charge in [0.2, 0.25) is 0 Å². The van der Waals surface area contributed by atoms with Crippen LogP contribution in [0.25, 0.3) is 11.2 Å². The number of rotatable bonds is 3. The van der Waals surface area contributed by atoms with E-state index in [1.54, 1.807) is 18.1 Å². The molecule has 17 heavy (non-hydrogen) atoms. The van der Waals surface area contributed by atoms with Crippen LogP contribution in [-0.4, -0.2) is 48.7 Å². The quantitative estimate of drug-likeness (QED) is 0.742. The van der Waals surface area contributed by atoms with Crippen molar-refractivity contribution in [1.82, 2.24) is 19.9 Å². The van der Waals surface area contributed by atoms with E-state index in [9.17, 15) is 5.11 Å².